The summed E-state index contributed by atoms with van der Waals surface area (Å²) < 4.78 is 17.9. The van der Waals surface area contributed by atoms with Gasteiger partial charge in [0, 0.05) is 16.2 Å². The highest BCUT2D eigenvalue weighted by Gasteiger charge is 2.18. The van der Waals surface area contributed by atoms with Gasteiger partial charge in [0.25, 0.3) is 5.91 Å². The minimum Gasteiger partial charge on any atom is -0.480 e. The van der Waals surface area contributed by atoms with Crippen LogP contribution in [0.4, 0.5) is 5.69 Å². The van der Waals surface area contributed by atoms with Crippen molar-refractivity contribution >= 4 is 43.5 Å². The Morgan fingerprint density at radius 3 is 2.74 bits per heavy atom. The van der Waals surface area contributed by atoms with Crippen molar-refractivity contribution < 1.29 is 19.0 Å². The van der Waals surface area contributed by atoms with E-state index >= 15 is 0 Å². The molecular weight excluding hydrogens is 430 g/mol. The maximum absolute atomic E-state index is 12.3. The number of nitrogens with one attached hydrogen (secondary N) is 1. The Morgan fingerprint density at radius 2 is 1.96 bits per heavy atom. The van der Waals surface area contributed by atoms with Gasteiger partial charge in [0.1, 0.15) is 5.75 Å². The van der Waals surface area contributed by atoms with E-state index < -0.39 is 6.10 Å². The van der Waals surface area contributed by atoms with Crippen molar-refractivity contribution in [2.24, 2.45) is 0 Å². The molecule has 23 heavy (non-hydrogen) atoms. The Kier molecular flexibility index (Phi) is 4.77. The van der Waals surface area contributed by atoms with Crippen molar-refractivity contribution in [3.05, 3.63) is 45.3 Å². The zero-order valence-corrected chi connectivity index (χ0v) is 15.3. The minimum absolute atomic E-state index is 0.198. The normalized spacial score (nSPS) is 13.5. The molecular formula is C16H13Br2NO4. The molecule has 0 fully saturated rings. The third-order valence-corrected chi connectivity index (χ3v) is 4.32. The van der Waals surface area contributed by atoms with Crippen LogP contribution < -0.4 is 19.5 Å². The predicted octanol–water partition coefficient (Wildman–Crippen LogP) is 4.35. The average molecular weight is 443 g/mol. The van der Waals surface area contributed by atoms with Gasteiger partial charge in [-0.25, -0.2) is 0 Å². The van der Waals surface area contributed by atoms with Crippen LogP contribution in [0.25, 0.3) is 0 Å². The van der Waals surface area contributed by atoms with E-state index in [2.05, 4.69) is 37.2 Å². The van der Waals surface area contributed by atoms with Crippen LogP contribution >= 0.6 is 31.9 Å². The molecule has 1 heterocycles. The highest BCUT2D eigenvalue weighted by molar-refractivity contribution is 9.11. The molecule has 1 aliphatic rings. The van der Waals surface area contributed by atoms with Crippen molar-refractivity contribution in [1.82, 2.24) is 0 Å². The van der Waals surface area contributed by atoms with Crippen LogP contribution in [0.3, 0.4) is 0 Å². The first-order valence-electron chi connectivity index (χ1n) is 6.85. The summed E-state index contributed by atoms with van der Waals surface area (Å²) in [5.74, 6) is 1.64. The number of ether oxygens (including phenoxy) is 3. The van der Waals surface area contributed by atoms with E-state index in [0.29, 0.717) is 22.9 Å². The first-order valence-corrected chi connectivity index (χ1v) is 8.44. The average Bonchev–Trinajstić information content (AvgIpc) is 2.97. The van der Waals surface area contributed by atoms with Gasteiger partial charge in [-0.3, -0.25) is 4.79 Å². The van der Waals surface area contributed by atoms with E-state index in [0.717, 1.165) is 8.95 Å². The number of hydrogen-bond donors (Lipinski definition) is 1. The highest BCUT2D eigenvalue weighted by atomic mass is 79.9. The number of carbonyl (C=O) groups is 1. The topological polar surface area (TPSA) is 56.8 Å². The van der Waals surface area contributed by atoms with Gasteiger partial charge in [-0.15, -0.1) is 0 Å². The quantitative estimate of drug-likeness (QED) is 0.764. The third-order valence-electron chi connectivity index (χ3n) is 3.21. The third kappa shape index (κ3) is 3.79. The lowest BCUT2D eigenvalue weighted by atomic mass is 10.2. The van der Waals surface area contributed by atoms with E-state index in [4.69, 9.17) is 14.2 Å². The van der Waals surface area contributed by atoms with Gasteiger partial charge in [0.05, 0.1) is 4.47 Å². The summed E-state index contributed by atoms with van der Waals surface area (Å²) in [4.78, 5) is 12.3. The van der Waals surface area contributed by atoms with E-state index in [-0.39, 0.29) is 12.7 Å². The van der Waals surface area contributed by atoms with E-state index in [1.54, 1.807) is 31.2 Å². The molecule has 0 spiro atoms. The smallest absolute Gasteiger partial charge is 0.265 e. The Morgan fingerprint density at radius 1 is 1.17 bits per heavy atom. The van der Waals surface area contributed by atoms with Crippen LogP contribution in [-0.2, 0) is 4.79 Å². The fraction of sp³-hybridized carbons (Fsp3) is 0.188. The number of fused-ring (bicyclic) bond motifs is 1. The zero-order chi connectivity index (χ0) is 16.4. The summed E-state index contributed by atoms with van der Waals surface area (Å²) in [5.41, 5.74) is 0.629. The van der Waals surface area contributed by atoms with Gasteiger partial charge < -0.3 is 19.5 Å². The van der Waals surface area contributed by atoms with Crippen LogP contribution in [-0.4, -0.2) is 18.8 Å². The monoisotopic (exact) mass is 441 g/mol. The van der Waals surface area contributed by atoms with Gasteiger partial charge in [0.15, 0.2) is 17.6 Å². The standard InChI is InChI=1S/C16H13Br2NO4/c1-9(23-13-4-2-10(17)6-12(13)18)16(20)19-11-3-5-14-15(7-11)22-8-21-14/h2-7,9H,8H2,1H3,(H,19,20)/t9-/m1/s1. The van der Waals surface area contributed by atoms with E-state index in [9.17, 15) is 4.79 Å². The minimum atomic E-state index is -0.655. The first-order chi connectivity index (χ1) is 11.0. The molecule has 0 aromatic heterocycles. The molecule has 0 aliphatic carbocycles. The van der Waals surface area contributed by atoms with Crippen LogP contribution in [0.5, 0.6) is 17.2 Å². The molecule has 7 heteroatoms. The van der Waals surface area contributed by atoms with Gasteiger partial charge in [-0.2, -0.15) is 0 Å². The summed E-state index contributed by atoms with van der Waals surface area (Å²) in [6.07, 6.45) is -0.655. The summed E-state index contributed by atoms with van der Waals surface area (Å²) in [7, 11) is 0. The molecule has 5 nitrogen and oxygen atoms in total. The fourth-order valence-corrected chi connectivity index (χ4v) is 3.17. The molecule has 0 bridgehead atoms. The summed E-state index contributed by atoms with van der Waals surface area (Å²) in [6.45, 7) is 1.89. The lowest BCUT2D eigenvalue weighted by Crippen LogP contribution is -2.30. The lowest BCUT2D eigenvalue weighted by molar-refractivity contribution is -0.122. The SMILES string of the molecule is C[C@@H](Oc1ccc(Br)cc1Br)C(=O)Nc1ccc2c(c1)OCO2. The number of halogens is 2. The molecule has 1 atom stereocenters. The zero-order valence-electron chi connectivity index (χ0n) is 12.1. The fourth-order valence-electron chi connectivity index (χ4n) is 2.03. The Labute approximate surface area is 150 Å². The van der Waals surface area contributed by atoms with Crippen molar-refractivity contribution in [3.63, 3.8) is 0 Å². The van der Waals surface area contributed by atoms with Gasteiger partial charge in [-0.1, -0.05) is 15.9 Å². The van der Waals surface area contributed by atoms with Gasteiger partial charge in [0.2, 0.25) is 6.79 Å². The molecule has 120 valence electrons. The van der Waals surface area contributed by atoms with Crippen LogP contribution in [0.15, 0.2) is 45.3 Å². The van der Waals surface area contributed by atoms with Crippen LogP contribution in [0.1, 0.15) is 6.92 Å². The largest absolute Gasteiger partial charge is 0.480 e. The predicted molar refractivity (Wildman–Crippen MR) is 93.1 cm³/mol. The first kappa shape index (κ1) is 16.1. The van der Waals surface area contributed by atoms with Gasteiger partial charge >= 0.3 is 0 Å². The molecule has 0 radical (unpaired) electrons. The molecule has 2 aromatic carbocycles. The number of benzene rings is 2. The Balaban J connectivity index is 1.65. The van der Waals surface area contributed by atoms with Crippen molar-refractivity contribution in [2.45, 2.75) is 13.0 Å². The number of carbonyl (C=O) groups excluding carboxylic acids is 1. The van der Waals surface area contributed by atoms with Crippen molar-refractivity contribution in [2.75, 3.05) is 12.1 Å². The van der Waals surface area contributed by atoms with Crippen molar-refractivity contribution in [3.8, 4) is 17.2 Å². The molecule has 1 aliphatic heterocycles. The maximum atomic E-state index is 12.3. The number of amides is 1. The van der Waals surface area contributed by atoms with E-state index in [1.807, 2.05) is 12.1 Å². The molecule has 0 saturated carbocycles. The summed E-state index contributed by atoms with van der Waals surface area (Å²) in [5, 5.41) is 2.80. The van der Waals surface area contributed by atoms with E-state index in [1.165, 1.54) is 0 Å². The van der Waals surface area contributed by atoms with Crippen molar-refractivity contribution in [1.29, 1.82) is 0 Å². The number of anilines is 1. The number of rotatable bonds is 4. The lowest BCUT2D eigenvalue weighted by Gasteiger charge is -2.16. The second-order valence-electron chi connectivity index (χ2n) is 4.89. The molecule has 3 rings (SSSR count). The molecule has 0 saturated heterocycles. The molecule has 2 aromatic rings. The summed E-state index contributed by atoms with van der Waals surface area (Å²) >= 11 is 6.78. The second kappa shape index (κ2) is 6.80. The van der Waals surface area contributed by atoms with Crippen LogP contribution in [0, 0.1) is 0 Å². The molecule has 1 amide bonds. The van der Waals surface area contributed by atoms with Crippen LogP contribution in [0.2, 0.25) is 0 Å². The Bertz CT molecular complexity index is 751. The van der Waals surface area contributed by atoms with Gasteiger partial charge in [-0.05, 0) is 53.2 Å². The second-order valence-corrected chi connectivity index (χ2v) is 6.66. The number of hydrogen-bond acceptors (Lipinski definition) is 4. The molecule has 0 unspecified atom stereocenters. The summed E-state index contributed by atoms with van der Waals surface area (Å²) in [6, 6.07) is 10.7. The Hall–Kier alpha value is -1.73. The molecule has 1 N–H and O–H groups in total. The maximum Gasteiger partial charge on any atom is 0.265 e. The highest BCUT2D eigenvalue weighted by Crippen LogP contribution is 2.34.